The number of carbonyl (C=O) groups excluding carboxylic acids is 1. The topological polar surface area (TPSA) is 66.5 Å². The summed E-state index contributed by atoms with van der Waals surface area (Å²) in [5.74, 6) is -0.0976. The van der Waals surface area contributed by atoms with Gasteiger partial charge in [-0.1, -0.05) is 36.8 Å². The van der Waals surface area contributed by atoms with Crippen LogP contribution in [0, 0.1) is 6.92 Å². The fourth-order valence-corrected chi connectivity index (χ4v) is 4.93. The fourth-order valence-electron chi connectivity index (χ4n) is 3.24. The van der Waals surface area contributed by atoms with Crippen molar-refractivity contribution >= 4 is 21.6 Å². The minimum atomic E-state index is -3.58. The average Bonchev–Trinajstić information content (AvgIpc) is 3.13. The van der Waals surface area contributed by atoms with Gasteiger partial charge in [0.25, 0.3) is 0 Å². The number of hydrogen-bond acceptors (Lipinski definition) is 3. The normalized spacial score (nSPS) is 18.0. The second kappa shape index (κ2) is 7.60. The minimum absolute atomic E-state index is 0.0976. The predicted octanol–water partition coefficient (Wildman–Crippen LogP) is 3.87. The number of hydrogen-bond donors (Lipinski definition) is 1. The molecule has 26 heavy (non-hydrogen) atoms. The summed E-state index contributed by atoms with van der Waals surface area (Å²) >= 11 is 0. The van der Waals surface area contributed by atoms with Crippen molar-refractivity contribution in [2.24, 2.45) is 0 Å². The molecule has 1 fully saturated rings. The lowest BCUT2D eigenvalue weighted by Crippen LogP contribution is -2.30. The SMILES string of the molecule is CCC(=O)Nc1ccc(S(=O)(=O)N2CCCC2c2ccc(C)cc2)cc1. The highest BCUT2D eigenvalue weighted by atomic mass is 32.2. The van der Waals surface area contributed by atoms with Crippen molar-refractivity contribution in [1.29, 1.82) is 0 Å². The fraction of sp³-hybridized carbons (Fsp3) is 0.350. The molecule has 1 unspecified atom stereocenters. The zero-order valence-corrected chi connectivity index (χ0v) is 15.9. The van der Waals surface area contributed by atoms with Gasteiger partial charge in [0, 0.05) is 18.7 Å². The third kappa shape index (κ3) is 3.81. The smallest absolute Gasteiger partial charge is 0.243 e. The van der Waals surface area contributed by atoms with Gasteiger partial charge < -0.3 is 5.32 Å². The lowest BCUT2D eigenvalue weighted by molar-refractivity contribution is -0.115. The molecule has 1 saturated heterocycles. The number of aryl methyl sites for hydroxylation is 1. The molecule has 1 amide bonds. The summed E-state index contributed by atoms with van der Waals surface area (Å²) in [6.45, 7) is 4.31. The van der Waals surface area contributed by atoms with Crippen LogP contribution in [0.2, 0.25) is 0 Å². The molecule has 1 aliphatic rings. The van der Waals surface area contributed by atoms with Gasteiger partial charge in [-0.15, -0.1) is 0 Å². The Morgan fingerprint density at radius 3 is 2.38 bits per heavy atom. The summed E-state index contributed by atoms with van der Waals surface area (Å²) in [5, 5.41) is 2.73. The summed E-state index contributed by atoms with van der Waals surface area (Å²) in [6, 6.07) is 14.3. The lowest BCUT2D eigenvalue weighted by Gasteiger charge is -2.24. The van der Waals surface area contributed by atoms with E-state index in [2.05, 4.69) is 5.32 Å². The number of anilines is 1. The number of sulfonamides is 1. The minimum Gasteiger partial charge on any atom is -0.326 e. The van der Waals surface area contributed by atoms with Crippen LogP contribution in [0.25, 0.3) is 0 Å². The van der Waals surface area contributed by atoms with E-state index < -0.39 is 10.0 Å². The van der Waals surface area contributed by atoms with Gasteiger partial charge in [-0.25, -0.2) is 8.42 Å². The van der Waals surface area contributed by atoms with Gasteiger partial charge in [-0.05, 0) is 49.6 Å². The van der Waals surface area contributed by atoms with Crippen LogP contribution in [0.3, 0.4) is 0 Å². The second-order valence-electron chi connectivity index (χ2n) is 6.61. The van der Waals surface area contributed by atoms with E-state index in [0.29, 0.717) is 18.7 Å². The van der Waals surface area contributed by atoms with E-state index in [-0.39, 0.29) is 16.8 Å². The Balaban J connectivity index is 1.84. The maximum atomic E-state index is 13.1. The first-order chi connectivity index (χ1) is 12.4. The van der Waals surface area contributed by atoms with Crippen LogP contribution in [0.1, 0.15) is 43.4 Å². The summed E-state index contributed by atoms with van der Waals surface area (Å²) in [6.07, 6.45) is 2.06. The molecule has 5 nitrogen and oxygen atoms in total. The Kier molecular flexibility index (Phi) is 5.44. The third-order valence-electron chi connectivity index (χ3n) is 4.73. The molecule has 0 saturated carbocycles. The van der Waals surface area contributed by atoms with Crippen LogP contribution in [-0.4, -0.2) is 25.2 Å². The highest BCUT2D eigenvalue weighted by Crippen LogP contribution is 2.36. The zero-order valence-electron chi connectivity index (χ0n) is 15.1. The molecule has 0 aliphatic carbocycles. The highest BCUT2D eigenvalue weighted by Gasteiger charge is 2.36. The van der Waals surface area contributed by atoms with Crippen LogP contribution in [0.5, 0.6) is 0 Å². The maximum absolute atomic E-state index is 13.1. The Morgan fingerprint density at radius 1 is 1.12 bits per heavy atom. The van der Waals surface area contributed by atoms with E-state index in [1.165, 1.54) is 0 Å². The number of amides is 1. The van der Waals surface area contributed by atoms with Crippen LogP contribution in [-0.2, 0) is 14.8 Å². The molecule has 6 heteroatoms. The molecule has 0 bridgehead atoms. The summed E-state index contributed by atoms with van der Waals surface area (Å²) in [7, 11) is -3.58. The summed E-state index contributed by atoms with van der Waals surface area (Å²) < 4.78 is 27.8. The van der Waals surface area contributed by atoms with Crippen molar-refractivity contribution in [2.45, 2.75) is 44.0 Å². The van der Waals surface area contributed by atoms with Crippen LogP contribution < -0.4 is 5.32 Å². The van der Waals surface area contributed by atoms with Crippen LogP contribution >= 0.6 is 0 Å². The maximum Gasteiger partial charge on any atom is 0.243 e. The van der Waals surface area contributed by atoms with E-state index in [9.17, 15) is 13.2 Å². The molecule has 2 aromatic rings. The van der Waals surface area contributed by atoms with Gasteiger partial charge in [0.05, 0.1) is 10.9 Å². The lowest BCUT2D eigenvalue weighted by atomic mass is 10.0. The van der Waals surface area contributed by atoms with Gasteiger partial charge in [0.1, 0.15) is 0 Å². The largest absolute Gasteiger partial charge is 0.326 e. The van der Waals surface area contributed by atoms with Gasteiger partial charge in [0.15, 0.2) is 0 Å². The molecule has 0 aromatic heterocycles. The molecule has 138 valence electrons. The summed E-state index contributed by atoms with van der Waals surface area (Å²) in [5.41, 5.74) is 2.79. The van der Waals surface area contributed by atoms with Crippen molar-refractivity contribution in [3.05, 3.63) is 59.7 Å². The first-order valence-corrected chi connectivity index (χ1v) is 10.3. The zero-order chi connectivity index (χ0) is 18.7. The monoisotopic (exact) mass is 372 g/mol. The Bertz CT molecular complexity index is 874. The highest BCUT2D eigenvalue weighted by molar-refractivity contribution is 7.89. The first kappa shape index (κ1) is 18.6. The molecule has 1 heterocycles. The molecule has 1 aliphatic heterocycles. The van der Waals surface area contributed by atoms with Crippen molar-refractivity contribution in [2.75, 3.05) is 11.9 Å². The number of carbonyl (C=O) groups is 1. The van der Waals surface area contributed by atoms with Gasteiger partial charge in [-0.2, -0.15) is 4.31 Å². The van der Waals surface area contributed by atoms with Crippen molar-refractivity contribution in [1.82, 2.24) is 4.31 Å². The predicted molar refractivity (Wildman–Crippen MR) is 102 cm³/mol. The number of benzene rings is 2. The van der Waals surface area contributed by atoms with E-state index in [0.717, 1.165) is 24.0 Å². The molecular formula is C20H24N2O3S. The third-order valence-corrected chi connectivity index (χ3v) is 6.65. The molecule has 0 radical (unpaired) electrons. The van der Waals surface area contributed by atoms with E-state index in [1.54, 1.807) is 35.5 Å². The van der Waals surface area contributed by atoms with Gasteiger partial charge >= 0.3 is 0 Å². The number of nitrogens with zero attached hydrogens (tertiary/aromatic N) is 1. The quantitative estimate of drug-likeness (QED) is 0.866. The van der Waals surface area contributed by atoms with Gasteiger partial charge in [0.2, 0.25) is 15.9 Å². The molecule has 1 atom stereocenters. The number of nitrogens with one attached hydrogen (secondary N) is 1. The first-order valence-electron chi connectivity index (χ1n) is 8.90. The summed E-state index contributed by atoms with van der Waals surface area (Å²) in [4.78, 5) is 11.7. The van der Waals surface area contributed by atoms with Crippen molar-refractivity contribution < 1.29 is 13.2 Å². The van der Waals surface area contributed by atoms with E-state index in [4.69, 9.17) is 0 Å². The molecular weight excluding hydrogens is 348 g/mol. The van der Waals surface area contributed by atoms with Crippen molar-refractivity contribution in [3.8, 4) is 0 Å². The Morgan fingerprint density at radius 2 is 1.77 bits per heavy atom. The van der Waals surface area contributed by atoms with E-state index in [1.807, 2.05) is 31.2 Å². The van der Waals surface area contributed by atoms with Gasteiger partial charge in [-0.3, -0.25) is 4.79 Å². The van der Waals surface area contributed by atoms with Crippen LogP contribution in [0.4, 0.5) is 5.69 Å². The van der Waals surface area contributed by atoms with E-state index >= 15 is 0 Å². The average molecular weight is 372 g/mol. The molecule has 2 aromatic carbocycles. The molecule has 1 N–H and O–H groups in total. The Hall–Kier alpha value is -2.18. The number of rotatable bonds is 5. The molecule has 3 rings (SSSR count). The standard InChI is InChI=1S/C20H24N2O3S/c1-3-20(23)21-17-10-12-18(13-11-17)26(24,25)22-14-4-5-19(22)16-8-6-15(2)7-9-16/h6-13,19H,3-5,14H2,1-2H3,(H,21,23). The van der Waals surface area contributed by atoms with Crippen LogP contribution in [0.15, 0.2) is 53.4 Å². The Labute approximate surface area is 155 Å². The van der Waals surface area contributed by atoms with Crippen molar-refractivity contribution in [3.63, 3.8) is 0 Å². The second-order valence-corrected chi connectivity index (χ2v) is 8.50. The molecule has 0 spiro atoms.